The van der Waals surface area contributed by atoms with Crippen molar-refractivity contribution in [3.8, 4) is 5.88 Å². The summed E-state index contributed by atoms with van der Waals surface area (Å²) < 4.78 is 11.4. The number of pyridine rings is 1. The second-order valence-electron chi connectivity index (χ2n) is 10.5. The minimum absolute atomic E-state index is 0.127. The van der Waals surface area contributed by atoms with Crippen LogP contribution < -0.4 is 19.9 Å². The van der Waals surface area contributed by atoms with Crippen LogP contribution in [0.3, 0.4) is 0 Å². The van der Waals surface area contributed by atoms with Gasteiger partial charge in [-0.2, -0.15) is 0 Å². The Labute approximate surface area is 222 Å². The van der Waals surface area contributed by atoms with E-state index in [2.05, 4.69) is 20.2 Å². The van der Waals surface area contributed by atoms with E-state index in [-0.39, 0.29) is 6.61 Å². The van der Waals surface area contributed by atoms with Gasteiger partial charge in [-0.05, 0) is 63.8 Å². The fourth-order valence-electron chi connectivity index (χ4n) is 4.73. The number of aromatic nitrogens is 3. The second kappa shape index (κ2) is 10.4. The van der Waals surface area contributed by atoms with E-state index < -0.39 is 11.7 Å². The summed E-state index contributed by atoms with van der Waals surface area (Å²) in [5.74, 6) is 0.977. The zero-order chi connectivity index (χ0) is 26.9. The van der Waals surface area contributed by atoms with Crippen LogP contribution in [0.1, 0.15) is 43.2 Å². The van der Waals surface area contributed by atoms with Crippen molar-refractivity contribution in [3.63, 3.8) is 0 Å². The zero-order valence-electron chi connectivity index (χ0n) is 22.3. The zero-order valence-corrected chi connectivity index (χ0v) is 22.3. The number of fused-ring (bicyclic) bond motifs is 2. The summed E-state index contributed by atoms with van der Waals surface area (Å²) in [7, 11) is 0. The second-order valence-corrected chi connectivity index (χ2v) is 10.5. The Bertz CT molecular complexity index is 1320. The summed E-state index contributed by atoms with van der Waals surface area (Å²) in [6.45, 7) is 9.84. The Hall–Kier alpha value is -3.92. The number of aliphatic hydroxyl groups is 1. The molecule has 2 aromatic heterocycles. The molecule has 38 heavy (non-hydrogen) atoms. The third-order valence-corrected chi connectivity index (χ3v) is 6.58. The highest BCUT2D eigenvalue weighted by atomic mass is 16.6. The molecule has 2 N–H and O–H groups in total. The van der Waals surface area contributed by atoms with Gasteiger partial charge in [-0.3, -0.25) is 4.90 Å². The van der Waals surface area contributed by atoms with Crippen molar-refractivity contribution in [2.24, 2.45) is 0 Å². The average molecular weight is 519 g/mol. The molecule has 10 heteroatoms. The lowest BCUT2D eigenvalue weighted by Crippen LogP contribution is -2.42. The number of aliphatic hydroxyl groups excluding tert-OH is 1. The maximum Gasteiger partial charge on any atom is 0.415 e. The first-order chi connectivity index (χ1) is 18.2. The van der Waals surface area contributed by atoms with Crippen molar-refractivity contribution in [1.29, 1.82) is 0 Å². The Kier molecular flexibility index (Phi) is 7.07. The number of carbonyl (C=O) groups is 1. The van der Waals surface area contributed by atoms with E-state index >= 15 is 0 Å². The average Bonchev–Trinajstić information content (AvgIpc) is 2.88. The Balaban J connectivity index is 1.37. The van der Waals surface area contributed by atoms with Crippen LogP contribution in [0.5, 0.6) is 5.88 Å². The molecule has 0 saturated carbocycles. The SMILES string of the molecule is Cc1c(N2CCc3cnc(Nc4ccc(CCO)cc4)nc3C2)cnc2c1N(C(=O)OC(C)(C)C)CCO2. The molecule has 0 unspecified atom stereocenters. The molecule has 0 saturated heterocycles. The van der Waals surface area contributed by atoms with Gasteiger partial charge in [0.15, 0.2) is 0 Å². The molecule has 200 valence electrons. The highest BCUT2D eigenvalue weighted by Crippen LogP contribution is 2.39. The standard InChI is InChI=1S/C28H34N6O4/c1-18-23(16-29-25-24(18)34(12-14-37-25)27(36)38-28(2,3)4)33-11-9-20-15-30-26(32-22(20)17-33)31-21-7-5-19(6-8-21)10-13-35/h5-8,15-16,35H,9-14,17H2,1-4H3,(H,30,31,32). The van der Waals surface area contributed by atoms with Crippen LogP contribution in [0.15, 0.2) is 36.7 Å². The van der Waals surface area contributed by atoms with Gasteiger partial charge in [0.25, 0.3) is 0 Å². The molecule has 1 aromatic carbocycles. The highest BCUT2D eigenvalue weighted by molar-refractivity contribution is 5.92. The fraction of sp³-hybridized carbons (Fsp3) is 0.429. The normalized spacial score (nSPS) is 14.9. The molecule has 0 fully saturated rings. The van der Waals surface area contributed by atoms with Crippen LogP contribution in [-0.4, -0.2) is 58.1 Å². The van der Waals surface area contributed by atoms with Crippen molar-refractivity contribution in [2.45, 2.75) is 52.7 Å². The number of hydrogen-bond acceptors (Lipinski definition) is 9. The lowest BCUT2D eigenvalue weighted by molar-refractivity contribution is 0.0566. The van der Waals surface area contributed by atoms with Crippen molar-refractivity contribution in [2.75, 3.05) is 41.4 Å². The summed E-state index contributed by atoms with van der Waals surface area (Å²) in [6, 6.07) is 7.88. The minimum Gasteiger partial charge on any atom is -0.474 e. The van der Waals surface area contributed by atoms with Gasteiger partial charge >= 0.3 is 6.09 Å². The molecule has 0 atom stereocenters. The van der Waals surface area contributed by atoms with Crippen LogP contribution in [0.4, 0.5) is 27.8 Å². The third-order valence-electron chi connectivity index (χ3n) is 6.58. The Morgan fingerprint density at radius 1 is 1.16 bits per heavy atom. The number of ether oxygens (including phenoxy) is 2. The predicted molar refractivity (Wildman–Crippen MR) is 145 cm³/mol. The molecule has 10 nitrogen and oxygen atoms in total. The van der Waals surface area contributed by atoms with E-state index in [1.165, 1.54) is 0 Å². The van der Waals surface area contributed by atoms with Crippen molar-refractivity contribution in [1.82, 2.24) is 15.0 Å². The van der Waals surface area contributed by atoms with Crippen molar-refractivity contribution >= 4 is 29.1 Å². The van der Waals surface area contributed by atoms with E-state index in [0.29, 0.717) is 43.6 Å². The van der Waals surface area contributed by atoms with Gasteiger partial charge in [-0.15, -0.1) is 0 Å². The molecule has 5 rings (SSSR count). The van der Waals surface area contributed by atoms with Crippen LogP contribution in [-0.2, 0) is 24.1 Å². The minimum atomic E-state index is -0.599. The van der Waals surface area contributed by atoms with Crippen LogP contribution >= 0.6 is 0 Å². The topological polar surface area (TPSA) is 113 Å². The molecule has 2 aliphatic heterocycles. The summed E-state index contributed by atoms with van der Waals surface area (Å²) >= 11 is 0. The first-order valence-electron chi connectivity index (χ1n) is 12.9. The number of nitrogens with zero attached hydrogens (tertiary/aromatic N) is 5. The van der Waals surface area contributed by atoms with Crippen LogP contribution in [0.25, 0.3) is 0 Å². The maximum absolute atomic E-state index is 13.0. The van der Waals surface area contributed by atoms with E-state index in [1.54, 1.807) is 4.90 Å². The molecule has 0 bridgehead atoms. The van der Waals surface area contributed by atoms with E-state index in [0.717, 1.165) is 46.7 Å². The summed E-state index contributed by atoms with van der Waals surface area (Å²) in [6.07, 6.45) is 4.73. The Morgan fingerprint density at radius 3 is 2.68 bits per heavy atom. The molecule has 2 aliphatic rings. The van der Waals surface area contributed by atoms with E-state index in [9.17, 15) is 4.79 Å². The lowest BCUT2D eigenvalue weighted by atomic mass is 10.0. The maximum atomic E-state index is 13.0. The van der Waals surface area contributed by atoms with Gasteiger partial charge < -0.3 is 24.8 Å². The van der Waals surface area contributed by atoms with Crippen molar-refractivity contribution < 1.29 is 19.4 Å². The molecule has 0 spiro atoms. The van der Waals surface area contributed by atoms with E-state index in [4.69, 9.17) is 19.6 Å². The van der Waals surface area contributed by atoms with Crippen molar-refractivity contribution in [3.05, 3.63) is 59.0 Å². The largest absolute Gasteiger partial charge is 0.474 e. The monoisotopic (exact) mass is 518 g/mol. The first-order valence-corrected chi connectivity index (χ1v) is 12.9. The smallest absolute Gasteiger partial charge is 0.415 e. The number of amides is 1. The summed E-state index contributed by atoms with van der Waals surface area (Å²) in [4.78, 5) is 30.7. The first kappa shape index (κ1) is 25.7. The highest BCUT2D eigenvalue weighted by Gasteiger charge is 2.32. The van der Waals surface area contributed by atoms with Gasteiger partial charge in [-0.1, -0.05) is 12.1 Å². The number of nitrogens with one attached hydrogen (secondary N) is 1. The molecular formula is C28H34N6O4. The number of carbonyl (C=O) groups excluding carboxylic acids is 1. The molecule has 1 amide bonds. The van der Waals surface area contributed by atoms with Gasteiger partial charge in [0.2, 0.25) is 11.8 Å². The van der Waals surface area contributed by atoms with E-state index in [1.807, 2.05) is 64.4 Å². The van der Waals surface area contributed by atoms with Crippen LogP contribution in [0, 0.1) is 6.92 Å². The van der Waals surface area contributed by atoms with Gasteiger partial charge in [0.05, 0.1) is 30.7 Å². The number of hydrogen-bond donors (Lipinski definition) is 2. The fourth-order valence-corrected chi connectivity index (χ4v) is 4.73. The molecule has 0 aliphatic carbocycles. The summed E-state index contributed by atoms with van der Waals surface area (Å²) in [5, 5.41) is 12.4. The van der Waals surface area contributed by atoms with Gasteiger partial charge in [-0.25, -0.2) is 19.7 Å². The molecule has 4 heterocycles. The quantitative estimate of drug-likeness (QED) is 0.514. The molecular weight excluding hydrogens is 484 g/mol. The number of rotatable bonds is 5. The van der Waals surface area contributed by atoms with Gasteiger partial charge in [0.1, 0.15) is 17.9 Å². The molecule has 0 radical (unpaired) electrons. The van der Waals surface area contributed by atoms with Gasteiger partial charge in [0, 0.05) is 30.6 Å². The Morgan fingerprint density at radius 2 is 1.95 bits per heavy atom. The molecule has 3 aromatic rings. The third kappa shape index (κ3) is 5.50. The number of benzene rings is 1. The van der Waals surface area contributed by atoms with Crippen LogP contribution in [0.2, 0.25) is 0 Å². The number of anilines is 4. The summed E-state index contributed by atoms with van der Waals surface area (Å²) in [5.41, 5.74) is 5.93. The lowest BCUT2D eigenvalue weighted by Gasteiger charge is -2.35. The predicted octanol–water partition coefficient (Wildman–Crippen LogP) is 4.16.